The van der Waals surface area contributed by atoms with Crippen molar-refractivity contribution >= 4 is 46.6 Å². The van der Waals surface area contributed by atoms with Gasteiger partial charge >= 0.3 is 6.18 Å². The van der Waals surface area contributed by atoms with Crippen LogP contribution in [0.25, 0.3) is 0 Å². The maximum absolute atomic E-state index is 13.4. The second kappa shape index (κ2) is 11.9. The molecule has 1 aliphatic rings. The smallest absolute Gasteiger partial charge is 0.416 e. The average Bonchev–Trinajstić information content (AvgIpc) is 3.44. The van der Waals surface area contributed by atoms with Crippen LogP contribution >= 0.6 is 23.4 Å². The lowest BCUT2D eigenvalue weighted by molar-refractivity contribution is -0.137. The molecule has 0 saturated carbocycles. The summed E-state index contributed by atoms with van der Waals surface area (Å²) in [5.41, 5.74) is 0.847. The van der Waals surface area contributed by atoms with Crippen LogP contribution < -0.4 is 16.0 Å². The van der Waals surface area contributed by atoms with Gasteiger partial charge in [0.2, 0.25) is 5.91 Å². The largest absolute Gasteiger partial charge is 0.468 e. The Labute approximate surface area is 237 Å². The number of nitrogens with one attached hydrogen (secondary N) is 3. The first kappa shape index (κ1) is 28.9. The number of halogens is 4. The van der Waals surface area contributed by atoms with Crippen molar-refractivity contribution in [3.05, 3.63) is 105 Å². The standard InChI is InChI=1S/C28H22ClF3N4O3S/c1-15-20(29)8-4-9-21(15)36-23(37)14-40-27-19(13-33)25(22-10-5-11-39-22)24(16(2)34-27)26(38)35-18-7-3-6-17(12-18)28(30,31)32/h3-12,25,34H,14H2,1-2H3,(H,35,38)(H,36,37). The summed E-state index contributed by atoms with van der Waals surface area (Å²) in [6.45, 7) is 3.37. The molecule has 0 radical (unpaired) electrons. The number of alkyl halides is 3. The molecule has 1 aliphatic heterocycles. The molecule has 1 unspecified atom stereocenters. The van der Waals surface area contributed by atoms with E-state index < -0.39 is 23.6 Å². The summed E-state index contributed by atoms with van der Waals surface area (Å²) in [5, 5.41) is 19.3. The highest BCUT2D eigenvalue weighted by atomic mass is 35.5. The Balaban J connectivity index is 1.59. The van der Waals surface area contributed by atoms with Gasteiger partial charge in [-0.15, -0.1) is 0 Å². The minimum atomic E-state index is -4.58. The van der Waals surface area contributed by atoms with Crippen molar-refractivity contribution < 1.29 is 27.2 Å². The molecule has 0 fully saturated rings. The van der Waals surface area contributed by atoms with Crippen molar-refractivity contribution in [2.24, 2.45) is 0 Å². The zero-order valence-electron chi connectivity index (χ0n) is 21.2. The lowest BCUT2D eigenvalue weighted by atomic mass is 9.85. The predicted octanol–water partition coefficient (Wildman–Crippen LogP) is 6.97. The fourth-order valence-corrected chi connectivity index (χ4v) is 5.17. The third-order valence-electron chi connectivity index (χ3n) is 6.06. The van der Waals surface area contributed by atoms with Crippen molar-refractivity contribution in [1.29, 1.82) is 5.26 Å². The minimum absolute atomic E-state index is 0.0611. The van der Waals surface area contributed by atoms with Gasteiger partial charge in [0.25, 0.3) is 5.91 Å². The molecule has 0 spiro atoms. The summed E-state index contributed by atoms with van der Waals surface area (Å²) in [5.74, 6) is -1.80. The number of nitriles is 1. The van der Waals surface area contributed by atoms with Crippen LogP contribution in [0.4, 0.5) is 24.5 Å². The van der Waals surface area contributed by atoms with E-state index in [0.29, 0.717) is 27.0 Å². The van der Waals surface area contributed by atoms with Crippen molar-refractivity contribution in [3.8, 4) is 6.07 Å². The number of benzene rings is 2. The number of carbonyl (C=O) groups is 2. The Hall–Kier alpha value is -4.14. The van der Waals surface area contributed by atoms with E-state index >= 15 is 0 Å². The highest BCUT2D eigenvalue weighted by molar-refractivity contribution is 8.03. The number of rotatable bonds is 7. The summed E-state index contributed by atoms with van der Waals surface area (Å²) in [6.07, 6.45) is -3.20. The van der Waals surface area contributed by atoms with Gasteiger partial charge in [0.1, 0.15) is 5.76 Å². The zero-order valence-corrected chi connectivity index (χ0v) is 22.7. The molecule has 1 atom stereocenters. The minimum Gasteiger partial charge on any atom is -0.468 e. The number of thioether (sulfide) groups is 1. The lowest BCUT2D eigenvalue weighted by Gasteiger charge is -2.28. The topological polar surface area (TPSA) is 107 Å². The van der Waals surface area contributed by atoms with Gasteiger partial charge in [-0.2, -0.15) is 18.4 Å². The second-order valence-corrected chi connectivity index (χ2v) is 10.1. The van der Waals surface area contributed by atoms with Gasteiger partial charge in [0.05, 0.1) is 45.7 Å². The number of furan rings is 1. The molecule has 12 heteroatoms. The first-order chi connectivity index (χ1) is 19.0. The van der Waals surface area contributed by atoms with Crippen LogP contribution in [0.2, 0.25) is 5.02 Å². The number of anilines is 2. The summed E-state index contributed by atoms with van der Waals surface area (Å²) >= 11 is 7.19. The van der Waals surface area contributed by atoms with E-state index in [9.17, 15) is 28.0 Å². The first-order valence-corrected chi connectivity index (χ1v) is 13.2. The number of hydrogen-bond acceptors (Lipinski definition) is 6. The summed E-state index contributed by atoms with van der Waals surface area (Å²) in [7, 11) is 0. The van der Waals surface area contributed by atoms with Gasteiger partial charge in [0, 0.05) is 22.1 Å². The average molecular weight is 587 g/mol. The van der Waals surface area contributed by atoms with Crippen LogP contribution in [0.1, 0.15) is 29.7 Å². The van der Waals surface area contributed by atoms with Crippen LogP contribution in [-0.4, -0.2) is 17.6 Å². The summed E-state index contributed by atoms with van der Waals surface area (Å²) in [4.78, 5) is 26.1. The first-order valence-electron chi connectivity index (χ1n) is 11.8. The monoisotopic (exact) mass is 586 g/mol. The molecule has 7 nitrogen and oxygen atoms in total. The summed E-state index contributed by atoms with van der Waals surface area (Å²) in [6, 6.07) is 14.7. The van der Waals surface area contributed by atoms with E-state index in [0.717, 1.165) is 23.9 Å². The van der Waals surface area contributed by atoms with Crippen molar-refractivity contribution in [2.45, 2.75) is 25.9 Å². The van der Waals surface area contributed by atoms with Crippen molar-refractivity contribution in [2.75, 3.05) is 16.4 Å². The van der Waals surface area contributed by atoms with E-state index in [2.05, 4.69) is 22.0 Å². The molecule has 3 N–H and O–H groups in total. The lowest BCUT2D eigenvalue weighted by Crippen LogP contribution is -2.31. The molecule has 2 amide bonds. The number of amides is 2. The third-order valence-corrected chi connectivity index (χ3v) is 7.48. The maximum atomic E-state index is 13.4. The quantitative estimate of drug-likeness (QED) is 0.276. The third kappa shape index (κ3) is 6.35. The highest BCUT2D eigenvalue weighted by Gasteiger charge is 2.37. The predicted molar refractivity (Wildman–Crippen MR) is 147 cm³/mol. The molecule has 1 aromatic heterocycles. The van der Waals surface area contributed by atoms with E-state index in [4.69, 9.17) is 16.0 Å². The van der Waals surface area contributed by atoms with Gasteiger partial charge in [-0.05, 0) is 61.9 Å². The van der Waals surface area contributed by atoms with E-state index in [-0.39, 0.29) is 34.3 Å². The van der Waals surface area contributed by atoms with Gasteiger partial charge in [-0.1, -0.05) is 35.5 Å². The number of carbonyl (C=O) groups excluding carboxylic acids is 2. The van der Waals surface area contributed by atoms with E-state index in [1.54, 1.807) is 44.2 Å². The Morgan fingerprint density at radius 1 is 1.12 bits per heavy atom. The molecule has 0 aliphatic carbocycles. The maximum Gasteiger partial charge on any atom is 0.416 e. The van der Waals surface area contributed by atoms with Gasteiger partial charge in [0.15, 0.2) is 0 Å². The Morgan fingerprint density at radius 3 is 2.55 bits per heavy atom. The zero-order chi connectivity index (χ0) is 29.0. The van der Waals surface area contributed by atoms with Crippen LogP contribution in [0.3, 0.4) is 0 Å². The Kier molecular flexibility index (Phi) is 8.61. The molecule has 2 heterocycles. The van der Waals surface area contributed by atoms with Gasteiger partial charge < -0.3 is 20.4 Å². The summed E-state index contributed by atoms with van der Waals surface area (Å²) < 4.78 is 45.1. The van der Waals surface area contributed by atoms with Gasteiger partial charge in [-0.25, -0.2) is 0 Å². The fourth-order valence-electron chi connectivity index (χ4n) is 4.11. The van der Waals surface area contributed by atoms with Crippen molar-refractivity contribution in [3.63, 3.8) is 0 Å². The molecule has 3 aromatic rings. The Bertz CT molecular complexity index is 1560. The highest BCUT2D eigenvalue weighted by Crippen LogP contribution is 2.41. The fraction of sp³-hybridized carbons (Fsp3) is 0.179. The molecule has 40 heavy (non-hydrogen) atoms. The number of dihydropyridines is 1. The molecule has 4 rings (SSSR count). The molecule has 2 aromatic carbocycles. The Morgan fingerprint density at radius 2 is 1.88 bits per heavy atom. The normalized spacial score (nSPS) is 15.4. The SMILES string of the molecule is CC1=C(C(=O)Nc2cccc(C(F)(F)F)c2)C(c2ccco2)C(C#N)=C(SCC(=O)Nc2cccc(Cl)c2C)N1. The van der Waals surface area contributed by atoms with Crippen molar-refractivity contribution in [1.82, 2.24) is 5.32 Å². The van der Waals surface area contributed by atoms with E-state index in [1.165, 1.54) is 18.4 Å². The van der Waals surface area contributed by atoms with Crippen LogP contribution in [-0.2, 0) is 15.8 Å². The van der Waals surface area contributed by atoms with Gasteiger partial charge in [-0.3, -0.25) is 9.59 Å². The van der Waals surface area contributed by atoms with E-state index in [1.807, 2.05) is 0 Å². The van der Waals surface area contributed by atoms with Crippen LogP contribution in [0, 0.1) is 18.3 Å². The molecule has 0 bridgehead atoms. The van der Waals surface area contributed by atoms with Crippen LogP contribution in [0.5, 0.6) is 0 Å². The molecular weight excluding hydrogens is 565 g/mol. The number of allylic oxidation sites excluding steroid dienone is 2. The number of nitrogens with zero attached hydrogens (tertiary/aromatic N) is 1. The number of hydrogen-bond donors (Lipinski definition) is 3. The molecular formula is C28H22ClF3N4O3S. The van der Waals surface area contributed by atoms with Crippen LogP contribution in [0.15, 0.2) is 87.1 Å². The molecule has 206 valence electrons. The second-order valence-electron chi connectivity index (χ2n) is 8.75. The molecule has 0 saturated heterocycles.